The number of aromatic nitrogens is 1. The maximum atomic E-state index is 12.9. The largest absolute Gasteiger partial charge is 0.348 e. The number of para-hydroxylation sites is 1. The summed E-state index contributed by atoms with van der Waals surface area (Å²) in [5.41, 5.74) is 2.99. The summed E-state index contributed by atoms with van der Waals surface area (Å²) in [4.78, 5) is 29.2. The normalized spacial score (nSPS) is 10.6. The van der Waals surface area contributed by atoms with Crippen molar-refractivity contribution in [3.63, 3.8) is 0 Å². The van der Waals surface area contributed by atoms with Gasteiger partial charge in [0, 0.05) is 29.3 Å². The first-order valence-corrected chi connectivity index (χ1v) is 9.38. The minimum absolute atomic E-state index is 0.274. The molecular weight excluding hydrogens is 381 g/mol. The summed E-state index contributed by atoms with van der Waals surface area (Å²) in [6.07, 6.45) is 1.68. The molecule has 0 atom stereocenters. The number of hydrogen-bond acceptors (Lipinski definition) is 3. The van der Waals surface area contributed by atoms with Crippen molar-refractivity contribution in [2.45, 2.75) is 6.54 Å². The van der Waals surface area contributed by atoms with Crippen molar-refractivity contribution < 1.29 is 14.0 Å². The maximum Gasteiger partial charge on any atom is 0.255 e. The lowest BCUT2D eigenvalue weighted by Gasteiger charge is -2.09. The van der Waals surface area contributed by atoms with Gasteiger partial charge in [-0.05, 0) is 54.1 Å². The monoisotopic (exact) mass is 399 g/mol. The number of rotatable bonds is 5. The van der Waals surface area contributed by atoms with Crippen LogP contribution in [0.25, 0.3) is 10.9 Å². The lowest BCUT2D eigenvalue weighted by molar-refractivity contribution is 0.0949. The number of anilines is 1. The highest BCUT2D eigenvalue weighted by Gasteiger charge is 2.11. The molecule has 0 bridgehead atoms. The Kier molecular flexibility index (Phi) is 5.48. The van der Waals surface area contributed by atoms with Crippen molar-refractivity contribution in [3.05, 3.63) is 108 Å². The van der Waals surface area contributed by atoms with E-state index in [1.807, 2.05) is 24.3 Å². The number of hydrogen-bond donors (Lipinski definition) is 2. The molecule has 5 nitrogen and oxygen atoms in total. The number of benzene rings is 3. The molecule has 0 aliphatic carbocycles. The van der Waals surface area contributed by atoms with E-state index in [1.165, 1.54) is 12.1 Å². The summed E-state index contributed by atoms with van der Waals surface area (Å²) in [6, 6.07) is 21.7. The molecule has 0 unspecified atom stereocenters. The number of nitrogens with zero attached hydrogens (tertiary/aromatic N) is 1. The second kappa shape index (κ2) is 8.53. The Balaban J connectivity index is 1.41. The first-order valence-electron chi connectivity index (χ1n) is 9.38. The molecular formula is C24H18FN3O2. The quantitative estimate of drug-likeness (QED) is 0.517. The Morgan fingerprint density at radius 2 is 1.47 bits per heavy atom. The molecule has 0 aliphatic rings. The van der Waals surface area contributed by atoms with Crippen molar-refractivity contribution >= 4 is 28.4 Å². The van der Waals surface area contributed by atoms with E-state index >= 15 is 0 Å². The maximum absolute atomic E-state index is 12.9. The molecule has 1 aromatic heterocycles. The van der Waals surface area contributed by atoms with Gasteiger partial charge in [0.15, 0.2) is 0 Å². The lowest BCUT2D eigenvalue weighted by atomic mass is 10.1. The fourth-order valence-corrected chi connectivity index (χ4v) is 3.06. The second-order valence-electron chi connectivity index (χ2n) is 6.72. The molecule has 0 radical (unpaired) electrons. The van der Waals surface area contributed by atoms with Crippen LogP contribution in [0.3, 0.4) is 0 Å². The average molecular weight is 399 g/mol. The molecule has 0 spiro atoms. The molecule has 6 heteroatoms. The van der Waals surface area contributed by atoms with E-state index in [4.69, 9.17) is 0 Å². The van der Waals surface area contributed by atoms with Crippen molar-refractivity contribution in [1.82, 2.24) is 10.3 Å². The summed E-state index contributed by atoms with van der Waals surface area (Å²) in [5, 5.41) is 6.58. The summed E-state index contributed by atoms with van der Waals surface area (Å²) >= 11 is 0. The van der Waals surface area contributed by atoms with Crippen LogP contribution in [0.5, 0.6) is 0 Å². The van der Waals surface area contributed by atoms with Gasteiger partial charge in [-0.2, -0.15) is 0 Å². The van der Waals surface area contributed by atoms with Gasteiger partial charge in [0.1, 0.15) is 5.82 Å². The number of nitrogens with one attached hydrogen (secondary N) is 2. The van der Waals surface area contributed by atoms with Gasteiger partial charge in [0.25, 0.3) is 11.8 Å². The van der Waals surface area contributed by atoms with Crippen molar-refractivity contribution in [2.24, 2.45) is 0 Å². The summed E-state index contributed by atoms with van der Waals surface area (Å²) < 4.78 is 12.9. The topological polar surface area (TPSA) is 71.1 Å². The van der Waals surface area contributed by atoms with Crippen LogP contribution in [0.15, 0.2) is 85.1 Å². The number of halogens is 1. The molecule has 0 saturated carbocycles. The van der Waals surface area contributed by atoms with Crippen molar-refractivity contribution in [1.29, 1.82) is 0 Å². The zero-order chi connectivity index (χ0) is 20.9. The predicted molar refractivity (Wildman–Crippen MR) is 114 cm³/mol. The molecule has 4 rings (SSSR count). The van der Waals surface area contributed by atoms with Gasteiger partial charge < -0.3 is 10.6 Å². The molecule has 2 amide bonds. The van der Waals surface area contributed by atoms with Crippen molar-refractivity contribution in [2.75, 3.05) is 5.32 Å². The fraction of sp³-hybridized carbons (Fsp3) is 0.0417. The number of amides is 2. The Morgan fingerprint density at radius 3 is 2.20 bits per heavy atom. The number of pyridine rings is 1. The molecule has 2 N–H and O–H groups in total. The van der Waals surface area contributed by atoms with Crippen LogP contribution in [-0.2, 0) is 6.54 Å². The molecule has 0 fully saturated rings. The van der Waals surface area contributed by atoms with Gasteiger partial charge in [-0.25, -0.2) is 4.39 Å². The molecule has 148 valence electrons. The SMILES string of the molecule is O=C(NCc1ccc(F)cc1)c1ccc(C(=O)Nc2cccc3cccnc23)cc1. The number of carbonyl (C=O) groups excluding carboxylic acids is 2. The molecule has 0 saturated heterocycles. The first-order chi connectivity index (χ1) is 14.6. The minimum Gasteiger partial charge on any atom is -0.348 e. The van der Waals surface area contributed by atoms with Crippen LogP contribution in [-0.4, -0.2) is 16.8 Å². The van der Waals surface area contributed by atoms with Gasteiger partial charge in [0.05, 0.1) is 11.2 Å². The third-order valence-corrected chi connectivity index (χ3v) is 4.66. The summed E-state index contributed by atoms with van der Waals surface area (Å²) in [7, 11) is 0. The lowest BCUT2D eigenvalue weighted by Crippen LogP contribution is -2.23. The average Bonchev–Trinajstić information content (AvgIpc) is 2.79. The van der Waals surface area contributed by atoms with E-state index in [2.05, 4.69) is 15.6 Å². The van der Waals surface area contributed by atoms with E-state index in [9.17, 15) is 14.0 Å². The number of fused-ring (bicyclic) bond motifs is 1. The Morgan fingerprint density at radius 1 is 0.800 bits per heavy atom. The highest BCUT2D eigenvalue weighted by molar-refractivity contribution is 6.08. The Hall–Kier alpha value is -4.06. The van der Waals surface area contributed by atoms with Crippen LogP contribution >= 0.6 is 0 Å². The predicted octanol–water partition coefficient (Wildman–Crippen LogP) is 4.56. The second-order valence-corrected chi connectivity index (χ2v) is 6.72. The molecule has 3 aromatic carbocycles. The smallest absolute Gasteiger partial charge is 0.255 e. The van der Waals surface area contributed by atoms with E-state index in [-0.39, 0.29) is 24.2 Å². The Labute approximate surface area is 172 Å². The summed E-state index contributed by atoms with van der Waals surface area (Å²) in [6.45, 7) is 0.287. The minimum atomic E-state index is -0.321. The van der Waals surface area contributed by atoms with Crippen LogP contribution < -0.4 is 10.6 Å². The first kappa shape index (κ1) is 19.3. The van der Waals surface area contributed by atoms with Crippen LogP contribution in [0.1, 0.15) is 26.3 Å². The van der Waals surface area contributed by atoms with Crippen LogP contribution in [0.2, 0.25) is 0 Å². The van der Waals surface area contributed by atoms with Gasteiger partial charge in [-0.3, -0.25) is 14.6 Å². The van der Waals surface area contributed by atoms with Crippen molar-refractivity contribution in [3.8, 4) is 0 Å². The van der Waals surface area contributed by atoms with E-state index in [0.29, 0.717) is 22.3 Å². The zero-order valence-electron chi connectivity index (χ0n) is 15.9. The highest BCUT2D eigenvalue weighted by Crippen LogP contribution is 2.21. The van der Waals surface area contributed by atoms with E-state index < -0.39 is 0 Å². The van der Waals surface area contributed by atoms with Gasteiger partial charge in [-0.1, -0.05) is 30.3 Å². The molecule has 0 aliphatic heterocycles. The third-order valence-electron chi connectivity index (χ3n) is 4.66. The van der Waals surface area contributed by atoms with Crippen LogP contribution in [0.4, 0.5) is 10.1 Å². The molecule has 30 heavy (non-hydrogen) atoms. The van der Waals surface area contributed by atoms with E-state index in [0.717, 1.165) is 10.9 Å². The summed E-state index contributed by atoms with van der Waals surface area (Å²) in [5.74, 6) is -0.880. The van der Waals surface area contributed by atoms with Gasteiger partial charge in [0.2, 0.25) is 0 Å². The van der Waals surface area contributed by atoms with Gasteiger partial charge >= 0.3 is 0 Å². The van der Waals surface area contributed by atoms with E-state index in [1.54, 1.807) is 48.7 Å². The van der Waals surface area contributed by atoms with Crippen LogP contribution in [0, 0.1) is 5.82 Å². The number of carbonyl (C=O) groups is 2. The van der Waals surface area contributed by atoms with Gasteiger partial charge in [-0.15, -0.1) is 0 Å². The molecule has 1 heterocycles. The Bertz CT molecular complexity index is 1200. The standard InChI is InChI=1S/C24H18FN3O2/c25-20-12-6-16(7-13-20)15-27-23(29)18-8-10-19(11-9-18)24(30)28-21-5-1-3-17-4-2-14-26-22(17)21/h1-14H,15H2,(H,27,29)(H,28,30). The zero-order valence-corrected chi connectivity index (χ0v) is 15.9. The highest BCUT2D eigenvalue weighted by atomic mass is 19.1. The fourth-order valence-electron chi connectivity index (χ4n) is 3.06. The molecule has 4 aromatic rings. The third kappa shape index (κ3) is 4.33.